The van der Waals surface area contributed by atoms with E-state index in [0.717, 1.165) is 5.56 Å². The molecule has 0 bridgehead atoms. The average molecular weight is 263 g/mol. The Balaban J connectivity index is 2.16. The Hall–Kier alpha value is -2.30. The number of ether oxygens (including phenoxy) is 2. The Bertz CT molecular complexity index is 428. The first-order valence-corrected chi connectivity index (χ1v) is 6.00. The Labute approximate surface area is 112 Å². The molecule has 19 heavy (non-hydrogen) atoms. The van der Waals surface area contributed by atoms with E-state index >= 15 is 0 Å². The third-order valence-electron chi connectivity index (χ3n) is 2.12. The summed E-state index contributed by atoms with van der Waals surface area (Å²) in [5.41, 5.74) is 0.916. The minimum atomic E-state index is -0.530. The van der Waals surface area contributed by atoms with Gasteiger partial charge in [0.05, 0.1) is 6.61 Å². The van der Waals surface area contributed by atoms with Crippen LogP contribution in [0.15, 0.2) is 42.5 Å². The Morgan fingerprint density at radius 3 is 2.63 bits per heavy atom. The summed E-state index contributed by atoms with van der Waals surface area (Å²) >= 11 is 0. The molecule has 0 heterocycles. The zero-order valence-electron chi connectivity index (χ0n) is 10.8. The second-order valence-corrected chi connectivity index (χ2v) is 3.60. The van der Waals surface area contributed by atoms with Gasteiger partial charge < -0.3 is 14.8 Å². The van der Waals surface area contributed by atoms with Gasteiger partial charge in [-0.05, 0) is 12.5 Å². The molecular weight excluding hydrogens is 246 g/mol. The molecule has 1 rings (SSSR count). The number of rotatable bonds is 6. The highest BCUT2D eigenvalue weighted by atomic mass is 16.5. The molecule has 0 unspecified atom stereocenters. The van der Waals surface area contributed by atoms with Crippen LogP contribution in [-0.4, -0.2) is 25.2 Å². The van der Waals surface area contributed by atoms with E-state index < -0.39 is 12.1 Å². The second kappa shape index (κ2) is 8.74. The molecule has 1 N–H and O–H groups in total. The number of amides is 1. The molecule has 0 saturated carbocycles. The number of alkyl carbamates (subject to hydrolysis) is 1. The molecule has 0 saturated heterocycles. The van der Waals surface area contributed by atoms with Crippen LogP contribution in [0.5, 0.6) is 0 Å². The molecule has 0 aliphatic heterocycles. The predicted octanol–water partition coefficient (Wildman–Crippen LogP) is 2.03. The zero-order chi connectivity index (χ0) is 13.9. The number of hydrogen-bond donors (Lipinski definition) is 1. The highest BCUT2D eigenvalue weighted by Gasteiger charge is 2.00. The molecule has 1 aromatic carbocycles. The van der Waals surface area contributed by atoms with Gasteiger partial charge in [-0.15, -0.1) is 0 Å². The normalized spacial score (nSPS) is 10.2. The first kappa shape index (κ1) is 14.8. The fourth-order valence-corrected chi connectivity index (χ4v) is 1.26. The molecule has 0 aliphatic carbocycles. The van der Waals surface area contributed by atoms with Gasteiger partial charge in [0.2, 0.25) is 0 Å². The van der Waals surface area contributed by atoms with Crippen LogP contribution in [0.1, 0.15) is 12.5 Å². The van der Waals surface area contributed by atoms with E-state index in [1.165, 1.54) is 12.2 Å². The first-order valence-electron chi connectivity index (χ1n) is 6.00. The molecule has 0 spiro atoms. The smallest absolute Gasteiger partial charge is 0.407 e. The van der Waals surface area contributed by atoms with Crippen LogP contribution in [0.3, 0.4) is 0 Å². The van der Waals surface area contributed by atoms with Crippen molar-refractivity contribution in [3.8, 4) is 0 Å². The highest BCUT2D eigenvalue weighted by molar-refractivity contribution is 5.82. The van der Waals surface area contributed by atoms with Gasteiger partial charge in [-0.1, -0.05) is 36.4 Å². The lowest BCUT2D eigenvalue weighted by atomic mass is 10.2. The summed E-state index contributed by atoms with van der Waals surface area (Å²) in [4.78, 5) is 22.2. The SMILES string of the molecule is CCOC(=O)/C=C/CNC(=O)OCc1ccccc1. The van der Waals surface area contributed by atoms with Crippen molar-refractivity contribution in [2.24, 2.45) is 0 Å². The van der Waals surface area contributed by atoms with Gasteiger partial charge in [-0.3, -0.25) is 0 Å². The van der Waals surface area contributed by atoms with E-state index in [9.17, 15) is 9.59 Å². The van der Waals surface area contributed by atoms with E-state index in [0.29, 0.717) is 6.61 Å². The number of esters is 1. The van der Waals surface area contributed by atoms with Crippen LogP contribution in [0.25, 0.3) is 0 Å². The summed E-state index contributed by atoms with van der Waals surface area (Å²) in [6, 6.07) is 9.38. The topological polar surface area (TPSA) is 64.6 Å². The molecule has 1 aromatic rings. The van der Waals surface area contributed by atoms with Crippen molar-refractivity contribution >= 4 is 12.1 Å². The van der Waals surface area contributed by atoms with Crippen molar-refractivity contribution < 1.29 is 19.1 Å². The lowest BCUT2D eigenvalue weighted by Crippen LogP contribution is -2.24. The van der Waals surface area contributed by atoms with Crippen LogP contribution in [-0.2, 0) is 20.9 Å². The van der Waals surface area contributed by atoms with Crippen LogP contribution in [0.2, 0.25) is 0 Å². The maximum atomic E-state index is 11.3. The summed E-state index contributed by atoms with van der Waals surface area (Å²) in [6.45, 7) is 2.49. The van der Waals surface area contributed by atoms with E-state index in [4.69, 9.17) is 4.74 Å². The molecule has 5 nitrogen and oxygen atoms in total. The van der Waals surface area contributed by atoms with Gasteiger partial charge in [-0.2, -0.15) is 0 Å². The average Bonchev–Trinajstić information content (AvgIpc) is 2.43. The Morgan fingerprint density at radius 1 is 1.21 bits per heavy atom. The van der Waals surface area contributed by atoms with Gasteiger partial charge in [0.15, 0.2) is 0 Å². The van der Waals surface area contributed by atoms with Crippen molar-refractivity contribution in [1.29, 1.82) is 0 Å². The lowest BCUT2D eigenvalue weighted by molar-refractivity contribution is -0.137. The van der Waals surface area contributed by atoms with Crippen molar-refractivity contribution in [1.82, 2.24) is 5.32 Å². The molecule has 0 radical (unpaired) electrons. The third kappa shape index (κ3) is 6.88. The maximum absolute atomic E-state index is 11.3. The quantitative estimate of drug-likeness (QED) is 0.630. The minimum Gasteiger partial charge on any atom is -0.463 e. The van der Waals surface area contributed by atoms with Crippen LogP contribution in [0.4, 0.5) is 4.79 Å². The number of benzene rings is 1. The largest absolute Gasteiger partial charge is 0.463 e. The summed E-state index contributed by atoms with van der Waals surface area (Å²) in [5.74, 6) is -0.429. The van der Waals surface area contributed by atoms with Crippen molar-refractivity contribution in [3.63, 3.8) is 0 Å². The highest BCUT2D eigenvalue weighted by Crippen LogP contribution is 2.00. The van der Waals surface area contributed by atoms with E-state index in [-0.39, 0.29) is 13.2 Å². The van der Waals surface area contributed by atoms with Gasteiger partial charge in [-0.25, -0.2) is 9.59 Å². The molecule has 0 aromatic heterocycles. The second-order valence-electron chi connectivity index (χ2n) is 3.60. The first-order chi connectivity index (χ1) is 9.22. The van der Waals surface area contributed by atoms with E-state index in [2.05, 4.69) is 10.1 Å². The molecule has 5 heteroatoms. The van der Waals surface area contributed by atoms with Gasteiger partial charge >= 0.3 is 12.1 Å². The molecule has 0 aliphatic rings. The standard InChI is InChI=1S/C14H17NO4/c1-2-18-13(16)9-6-10-15-14(17)19-11-12-7-4-3-5-8-12/h3-9H,2,10-11H2,1H3,(H,15,17)/b9-6+. The number of nitrogens with one attached hydrogen (secondary N) is 1. The van der Waals surface area contributed by atoms with Crippen molar-refractivity contribution in [2.75, 3.05) is 13.2 Å². The van der Waals surface area contributed by atoms with Crippen molar-refractivity contribution in [2.45, 2.75) is 13.5 Å². The molecule has 0 atom stereocenters. The number of carbonyl (C=O) groups is 2. The van der Waals surface area contributed by atoms with Crippen LogP contribution < -0.4 is 5.32 Å². The lowest BCUT2D eigenvalue weighted by Gasteiger charge is -2.05. The summed E-state index contributed by atoms with van der Waals surface area (Å²) in [5, 5.41) is 2.49. The molecule has 1 amide bonds. The maximum Gasteiger partial charge on any atom is 0.407 e. The van der Waals surface area contributed by atoms with Crippen LogP contribution >= 0.6 is 0 Å². The summed E-state index contributed by atoms with van der Waals surface area (Å²) in [6.07, 6.45) is 2.24. The molecular formula is C14H17NO4. The number of hydrogen-bond acceptors (Lipinski definition) is 4. The fraction of sp³-hybridized carbons (Fsp3) is 0.286. The third-order valence-corrected chi connectivity index (χ3v) is 2.12. The Morgan fingerprint density at radius 2 is 1.95 bits per heavy atom. The molecule has 102 valence electrons. The van der Waals surface area contributed by atoms with E-state index in [1.807, 2.05) is 30.3 Å². The van der Waals surface area contributed by atoms with Gasteiger partial charge in [0, 0.05) is 12.6 Å². The summed E-state index contributed by atoms with van der Waals surface area (Å²) < 4.78 is 9.67. The van der Waals surface area contributed by atoms with E-state index in [1.54, 1.807) is 6.92 Å². The summed E-state index contributed by atoms with van der Waals surface area (Å²) in [7, 11) is 0. The fourth-order valence-electron chi connectivity index (χ4n) is 1.26. The predicted molar refractivity (Wildman–Crippen MR) is 70.4 cm³/mol. The van der Waals surface area contributed by atoms with Gasteiger partial charge in [0.1, 0.15) is 6.61 Å². The van der Waals surface area contributed by atoms with Gasteiger partial charge in [0.25, 0.3) is 0 Å². The Kier molecular flexibility index (Phi) is 6.79. The minimum absolute atomic E-state index is 0.215. The monoisotopic (exact) mass is 263 g/mol. The zero-order valence-corrected chi connectivity index (χ0v) is 10.8. The molecule has 0 fully saturated rings. The van der Waals surface area contributed by atoms with Crippen LogP contribution in [0, 0.1) is 0 Å². The van der Waals surface area contributed by atoms with Crippen molar-refractivity contribution in [3.05, 3.63) is 48.0 Å². The number of carbonyl (C=O) groups excluding carboxylic acids is 2.